The number of ether oxygens (including phenoxy) is 4. The van der Waals surface area contributed by atoms with Gasteiger partial charge in [0.1, 0.15) is 0 Å². The minimum Gasteiger partial charge on any atom is -0.379 e. The second-order valence-corrected chi connectivity index (χ2v) is 8.50. The Labute approximate surface area is 194 Å². The molecule has 0 aliphatic carbocycles. The van der Waals surface area contributed by atoms with E-state index in [2.05, 4.69) is 13.5 Å². The minimum atomic E-state index is 0.580. The Balaban J connectivity index is 2.98. The van der Waals surface area contributed by atoms with E-state index in [4.69, 9.17) is 18.9 Å². The Morgan fingerprint density at radius 3 is 1.13 bits per heavy atom. The normalized spacial score (nSPS) is 11.3. The fourth-order valence-electron chi connectivity index (χ4n) is 3.58. The van der Waals surface area contributed by atoms with E-state index in [0.29, 0.717) is 46.2 Å². The van der Waals surface area contributed by atoms with Crippen molar-refractivity contribution in [1.82, 2.24) is 0 Å². The van der Waals surface area contributed by atoms with Gasteiger partial charge >= 0.3 is 0 Å². The van der Waals surface area contributed by atoms with Gasteiger partial charge in [-0.3, -0.25) is 0 Å². The molecule has 0 fully saturated rings. The van der Waals surface area contributed by atoms with Crippen molar-refractivity contribution in [3.63, 3.8) is 0 Å². The van der Waals surface area contributed by atoms with Gasteiger partial charge in [-0.05, 0) is 6.42 Å². The van der Waals surface area contributed by atoms with Crippen molar-refractivity contribution < 1.29 is 18.9 Å². The lowest BCUT2D eigenvalue weighted by Gasteiger charge is -2.07. The van der Waals surface area contributed by atoms with E-state index >= 15 is 0 Å². The summed E-state index contributed by atoms with van der Waals surface area (Å²) in [5, 5.41) is 0. The minimum absolute atomic E-state index is 0.580. The van der Waals surface area contributed by atoms with E-state index < -0.39 is 0 Å². The van der Waals surface area contributed by atoms with Gasteiger partial charge < -0.3 is 18.9 Å². The molecule has 0 aromatic carbocycles. The molecule has 31 heavy (non-hydrogen) atoms. The summed E-state index contributed by atoms with van der Waals surface area (Å²) in [7, 11) is 0. The van der Waals surface area contributed by atoms with Crippen LogP contribution in [-0.4, -0.2) is 52.9 Å². The highest BCUT2D eigenvalue weighted by Gasteiger charge is 1.96. The molecule has 0 spiro atoms. The molecule has 0 unspecified atom stereocenters. The van der Waals surface area contributed by atoms with Crippen LogP contribution >= 0.6 is 0 Å². The van der Waals surface area contributed by atoms with Crippen LogP contribution in [0.5, 0.6) is 0 Å². The van der Waals surface area contributed by atoms with Crippen molar-refractivity contribution in [3.8, 4) is 0 Å². The van der Waals surface area contributed by atoms with E-state index in [1.165, 1.54) is 103 Å². The number of unbranched alkanes of at least 4 members (excludes halogenated alkanes) is 15. The van der Waals surface area contributed by atoms with Gasteiger partial charge in [0.25, 0.3) is 0 Å². The lowest BCUT2D eigenvalue weighted by Crippen LogP contribution is -2.12. The largest absolute Gasteiger partial charge is 0.379 e. The van der Waals surface area contributed by atoms with E-state index in [0.717, 1.165) is 6.61 Å². The standard InChI is InChI=1S/C27H54O4/c1-3-5-6-7-8-9-10-11-12-13-14-15-16-17-18-19-21-29-23-25-31-27-26-30-24-22-28-20-4-2/h4H,2-3,5-27H2,1H3. The third kappa shape index (κ3) is 29.6. The first kappa shape index (κ1) is 30.6. The molecule has 0 heterocycles. The Kier molecular flexibility index (Phi) is 29.2. The Morgan fingerprint density at radius 1 is 0.419 bits per heavy atom. The summed E-state index contributed by atoms with van der Waals surface area (Å²) >= 11 is 0. The second kappa shape index (κ2) is 29.6. The molecule has 0 bridgehead atoms. The molecule has 0 aromatic rings. The summed E-state index contributed by atoms with van der Waals surface area (Å²) in [4.78, 5) is 0. The Hall–Kier alpha value is -0.420. The van der Waals surface area contributed by atoms with Crippen LogP contribution in [0, 0.1) is 0 Å². The summed E-state index contributed by atoms with van der Waals surface area (Å²) in [6.07, 6.45) is 24.2. The van der Waals surface area contributed by atoms with Gasteiger partial charge in [0.15, 0.2) is 0 Å². The fraction of sp³-hybridized carbons (Fsp3) is 0.926. The molecule has 0 N–H and O–H groups in total. The molecular weight excluding hydrogens is 388 g/mol. The predicted octanol–water partition coefficient (Wildman–Crippen LogP) is 7.50. The summed E-state index contributed by atoms with van der Waals surface area (Å²) in [5.41, 5.74) is 0. The molecule has 0 rings (SSSR count). The van der Waals surface area contributed by atoms with Crippen molar-refractivity contribution in [2.75, 3.05) is 52.9 Å². The third-order valence-corrected chi connectivity index (χ3v) is 5.49. The molecule has 0 atom stereocenters. The van der Waals surface area contributed by atoms with Crippen LogP contribution in [0.25, 0.3) is 0 Å². The molecule has 0 saturated heterocycles. The van der Waals surface area contributed by atoms with Crippen molar-refractivity contribution in [2.24, 2.45) is 0 Å². The van der Waals surface area contributed by atoms with Crippen molar-refractivity contribution in [2.45, 2.75) is 110 Å². The quantitative estimate of drug-likeness (QED) is 0.0928. The zero-order valence-corrected chi connectivity index (χ0v) is 20.9. The lowest BCUT2D eigenvalue weighted by molar-refractivity contribution is 0.000526. The Bertz CT molecular complexity index is 322. The fourth-order valence-corrected chi connectivity index (χ4v) is 3.58. The van der Waals surface area contributed by atoms with E-state index in [1.807, 2.05) is 0 Å². The van der Waals surface area contributed by atoms with Crippen LogP contribution < -0.4 is 0 Å². The molecule has 0 aliphatic heterocycles. The smallest absolute Gasteiger partial charge is 0.0704 e. The monoisotopic (exact) mass is 442 g/mol. The number of rotatable bonds is 28. The topological polar surface area (TPSA) is 36.9 Å². The third-order valence-electron chi connectivity index (χ3n) is 5.49. The van der Waals surface area contributed by atoms with Crippen LogP contribution in [0.3, 0.4) is 0 Å². The average molecular weight is 443 g/mol. The van der Waals surface area contributed by atoms with Crippen molar-refractivity contribution in [1.29, 1.82) is 0 Å². The van der Waals surface area contributed by atoms with Crippen LogP contribution in [0.1, 0.15) is 110 Å². The Morgan fingerprint density at radius 2 is 0.742 bits per heavy atom. The number of hydrogen-bond donors (Lipinski definition) is 0. The summed E-state index contributed by atoms with van der Waals surface area (Å²) < 4.78 is 21.7. The maximum Gasteiger partial charge on any atom is 0.0704 e. The van der Waals surface area contributed by atoms with Gasteiger partial charge in [0.05, 0.1) is 46.2 Å². The average Bonchev–Trinajstić information content (AvgIpc) is 2.78. The molecule has 0 aromatic heterocycles. The SMILES string of the molecule is C=CCOCCOCCOCCOCCCCCCCCCCCCCCCCCC. The van der Waals surface area contributed by atoms with E-state index in [1.54, 1.807) is 6.08 Å². The summed E-state index contributed by atoms with van der Waals surface area (Å²) in [6, 6.07) is 0. The van der Waals surface area contributed by atoms with Gasteiger partial charge in [-0.1, -0.05) is 109 Å². The molecule has 4 nitrogen and oxygen atoms in total. The highest BCUT2D eigenvalue weighted by Crippen LogP contribution is 2.13. The first-order valence-electron chi connectivity index (χ1n) is 13.3. The highest BCUT2D eigenvalue weighted by molar-refractivity contribution is 4.63. The molecule has 0 aliphatic rings. The van der Waals surface area contributed by atoms with Gasteiger partial charge in [-0.25, -0.2) is 0 Å². The molecule has 0 amide bonds. The van der Waals surface area contributed by atoms with Crippen molar-refractivity contribution in [3.05, 3.63) is 12.7 Å². The lowest BCUT2D eigenvalue weighted by atomic mass is 10.0. The molecule has 4 heteroatoms. The van der Waals surface area contributed by atoms with Gasteiger partial charge in [-0.15, -0.1) is 6.58 Å². The maximum absolute atomic E-state index is 5.63. The molecule has 0 saturated carbocycles. The summed E-state index contributed by atoms with van der Waals surface area (Å²) in [5.74, 6) is 0. The zero-order chi connectivity index (χ0) is 22.5. The molecule has 0 radical (unpaired) electrons. The number of hydrogen-bond acceptors (Lipinski definition) is 4. The van der Waals surface area contributed by atoms with Crippen LogP contribution in [0.2, 0.25) is 0 Å². The highest BCUT2D eigenvalue weighted by atomic mass is 16.6. The van der Waals surface area contributed by atoms with Crippen LogP contribution in [0.15, 0.2) is 12.7 Å². The van der Waals surface area contributed by atoms with E-state index in [9.17, 15) is 0 Å². The van der Waals surface area contributed by atoms with Gasteiger partial charge in [-0.2, -0.15) is 0 Å². The second-order valence-electron chi connectivity index (χ2n) is 8.50. The summed E-state index contributed by atoms with van der Waals surface area (Å²) in [6.45, 7) is 11.1. The van der Waals surface area contributed by atoms with Gasteiger partial charge in [0, 0.05) is 6.61 Å². The first-order valence-corrected chi connectivity index (χ1v) is 13.3. The molecular formula is C27H54O4. The van der Waals surface area contributed by atoms with E-state index in [-0.39, 0.29) is 0 Å². The zero-order valence-electron chi connectivity index (χ0n) is 20.9. The predicted molar refractivity (Wildman–Crippen MR) is 133 cm³/mol. The van der Waals surface area contributed by atoms with Gasteiger partial charge in [0.2, 0.25) is 0 Å². The van der Waals surface area contributed by atoms with Crippen LogP contribution in [-0.2, 0) is 18.9 Å². The van der Waals surface area contributed by atoms with Crippen molar-refractivity contribution >= 4 is 0 Å². The first-order chi connectivity index (χ1) is 15.4. The molecule has 186 valence electrons. The van der Waals surface area contributed by atoms with Crippen LogP contribution in [0.4, 0.5) is 0 Å². The maximum atomic E-state index is 5.63.